The van der Waals surface area contributed by atoms with E-state index in [-0.39, 0.29) is 19.1 Å². The van der Waals surface area contributed by atoms with Gasteiger partial charge in [-0.15, -0.1) is 4.91 Å². The highest BCUT2D eigenvalue weighted by Gasteiger charge is 2.37. The van der Waals surface area contributed by atoms with E-state index in [0.717, 1.165) is 10.6 Å². The van der Waals surface area contributed by atoms with Gasteiger partial charge in [-0.3, -0.25) is 0 Å². The third-order valence-electron chi connectivity index (χ3n) is 2.96. The van der Waals surface area contributed by atoms with Crippen LogP contribution in [0.5, 0.6) is 0 Å². The van der Waals surface area contributed by atoms with Gasteiger partial charge in [0.25, 0.3) is 0 Å². The first-order chi connectivity index (χ1) is 8.70. The van der Waals surface area contributed by atoms with Crippen LogP contribution >= 0.6 is 0 Å². The fraction of sp³-hybridized carbons (Fsp3) is 0.417. The lowest BCUT2D eigenvalue weighted by Crippen LogP contribution is -2.31. The highest BCUT2D eigenvalue weighted by Crippen LogP contribution is 2.21. The standard InChI is InChI=1S/C12H14N2O4/c15-12(16)11-6-10(7-14(11)13-17)18-8-9-4-2-1-3-5-9/h1-5,10-11H,6-8H2,(H,15,16)/t10-,11+/m1/s1. The number of nitrogens with zero attached hydrogens (tertiary/aromatic N) is 2. The molecule has 0 spiro atoms. The molecule has 1 aliphatic rings. The maximum absolute atomic E-state index is 10.9. The molecule has 1 aromatic rings. The summed E-state index contributed by atoms with van der Waals surface area (Å²) < 4.78 is 5.60. The van der Waals surface area contributed by atoms with E-state index in [9.17, 15) is 9.70 Å². The van der Waals surface area contributed by atoms with Gasteiger partial charge in [0.05, 0.1) is 24.5 Å². The zero-order valence-electron chi connectivity index (χ0n) is 9.73. The van der Waals surface area contributed by atoms with E-state index < -0.39 is 12.0 Å². The predicted octanol–water partition coefficient (Wildman–Crippen LogP) is 1.41. The van der Waals surface area contributed by atoms with Crippen molar-refractivity contribution in [1.29, 1.82) is 0 Å². The summed E-state index contributed by atoms with van der Waals surface area (Å²) in [6.07, 6.45) is 0.0116. The summed E-state index contributed by atoms with van der Waals surface area (Å²) in [6.45, 7) is 0.637. The van der Waals surface area contributed by atoms with Crippen molar-refractivity contribution < 1.29 is 14.6 Å². The second-order valence-corrected chi connectivity index (χ2v) is 4.21. The highest BCUT2D eigenvalue weighted by atomic mass is 16.5. The van der Waals surface area contributed by atoms with Gasteiger partial charge in [-0.2, -0.15) is 0 Å². The monoisotopic (exact) mass is 250 g/mol. The van der Waals surface area contributed by atoms with E-state index >= 15 is 0 Å². The van der Waals surface area contributed by atoms with Gasteiger partial charge in [-0.25, -0.2) is 9.80 Å². The van der Waals surface area contributed by atoms with Gasteiger partial charge in [0.15, 0.2) is 0 Å². The van der Waals surface area contributed by atoms with Gasteiger partial charge in [-0.05, 0) is 5.56 Å². The smallest absolute Gasteiger partial charge is 0.328 e. The van der Waals surface area contributed by atoms with Crippen LogP contribution in [0.25, 0.3) is 0 Å². The molecular weight excluding hydrogens is 236 g/mol. The zero-order valence-corrected chi connectivity index (χ0v) is 9.73. The van der Waals surface area contributed by atoms with E-state index in [1.165, 1.54) is 0 Å². The maximum atomic E-state index is 10.9. The van der Waals surface area contributed by atoms with E-state index in [1.807, 2.05) is 30.3 Å². The first-order valence-corrected chi connectivity index (χ1v) is 5.69. The molecule has 1 fully saturated rings. The van der Waals surface area contributed by atoms with Gasteiger partial charge >= 0.3 is 5.97 Å². The van der Waals surface area contributed by atoms with E-state index in [2.05, 4.69) is 5.29 Å². The molecule has 2 atom stereocenters. The van der Waals surface area contributed by atoms with Gasteiger partial charge in [0, 0.05) is 6.42 Å². The summed E-state index contributed by atoms with van der Waals surface area (Å²) in [7, 11) is 0. The molecule has 0 saturated carbocycles. The molecular formula is C12H14N2O4. The SMILES string of the molecule is O=NN1C[C@H](OCc2ccccc2)C[C@H]1C(=O)O. The molecule has 1 aromatic carbocycles. The highest BCUT2D eigenvalue weighted by molar-refractivity contribution is 5.73. The number of ether oxygens (including phenoxy) is 1. The number of hydrogen-bond donors (Lipinski definition) is 1. The Morgan fingerprint density at radius 3 is 2.72 bits per heavy atom. The van der Waals surface area contributed by atoms with Crippen molar-refractivity contribution in [3.63, 3.8) is 0 Å². The minimum atomic E-state index is -1.04. The summed E-state index contributed by atoms with van der Waals surface area (Å²) in [5.41, 5.74) is 1.02. The summed E-state index contributed by atoms with van der Waals surface area (Å²) in [5.74, 6) is -1.04. The second kappa shape index (κ2) is 5.59. The lowest BCUT2D eigenvalue weighted by Gasteiger charge is -2.11. The van der Waals surface area contributed by atoms with Gasteiger partial charge in [0.1, 0.15) is 6.04 Å². The topological polar surface area (TPSA) is 79.2 Å². The van der Waals surface area contributed by atoms with Crippen LogP contribution in [-0.4, -0.2) is 34.8 Å². The van der Waals surface area contributed by atoms with Crippen LogP contribution in [0, 0.1) is 4.91 Å². The molecule has 6 heteroatoms. The fourth-order valence-electron chi connectivity index (χ4n) is 2.01. The molecule has 2 rings (SSSR count). The minimum Gasteiger partial charge on any atom is -0.480 e. The van der Waals surface area contributed by atoms with Crippen molar-refractivity contribution in [2.75, 3.05) is 6.54 Å². The van der Waals surface area contributed by atoms with Crippen molar-refractivity contribution in [3.8, 4) is 0 Å². The number of carboxylic acids is 1. The summed E-state index contributed by atoms with van der Waals surface area (Å²) in [4.78, 5) is 21.4. The van der Waals surface area contributed by atoms with E-state index in [0.29, 0.717) is 6.61 Å². The number of hydrogen-bond acceptors (Lipinski definition) is 4. The Labute approximate surface area is 104 Å². The molecule has 1 heterocycles. The van der Waals surface area contributed by atoms with Crippen LogP contribution in [0.2, 0.25) is 0 Å². The molecule has 6 nitrogen and oxygen atoms in total. The van der Waals surface area contributed by atoms with Crippen LogP contribution in [0.3, 0.4) is 0 Å². The Morgan fingerprint density at radius 1 is 1.44 bits per heavy atom. The van der Waals surface area contributed by atoms with Crippen LogP contribution in [-0.2, 0) is 16.1 Å². The Kier molecular flexibility index (Phi) is 3.88. The molecule has 1 aliphatic heterocycles. The lowest BCUT2D eigenvalue weighted by molar-refractivity contribution is -0.142. The molecule has 0 aromatic heterocycles. The molecule has 0 radical (unpaired) electrons. The van der Waals surface area contributed by atoms with Crippen molar-refractivity contribution in [2.45, 2.75) is 25.2 Å². The number of carbonyl (C=O) groups is 1. The number of aliphatic carboxylic acids is 1. The molecule has 0 amide bonds. The van der Waals surface area contributed by atoms with Gasteiger partial charge < -0.3 is 9.84 Å². The number of rotatable bonds is 5. The maximum Gasteiger partial charge on any atom is 0.328 e. The van der Waals surface area contributed by atoms with Crippen molar-refractivity contribution in [1.82, 2.24) is 5.01 Å². The van der Waals surface area contributed by atoms with Gasteiger partial charge in [0.2, 0.25) is 0 Å². The largest absolute Gasteiger partial charge is 0.480 e. The zero-order chi connectivity index (χ0) is 13.0. The first kappa shape index (κ1) is 12.5. The van der Waals surface area contributed by atoms with Crippen molar-refractivity contribution in [3.05, 3.63) is 40.8 Å². The molecule has 18 heavy (non-hydrogen) atoms. The third-order valence-corrected chi connectivity index (χ3v) is 2.96. The van der Waals surface area contributed by atoms with Crippen LogP contribution in [0.4, 0.5) is 0 Å². The average molecular weight is 250 g/mol. The molecule has 0 aliphatic carbocycles. The fourth-order valence-corrected chi connectivity index (χ4v) is 2.01. The van der Waals surface area contributed by atoms with Crippen molar-refractivity contribution >= 4 is 5.97 Å². The lowest BCUT2D eigenvalue weighted by atomic mass is 10.2. The van der Waals surface area contributed by atoms with Crippen LogP contribution in [0.1, 0.15) is 12.0 Å². The minimum absolute atomic E-state index is 0.229. The quantitative estimate of drug-likeness (QED) is 0.799. The van der Waals surface area contributed by atoms with E-state index in [1.54, 1.807) is 0 Å². The first-order valence-electron chi connectivity index (χ1n) is 5.69. The summed E-state index contributed by atoms with van der Waals surface area (Å²) >= 11 is 0. The molecule has 0 bridgehead atoms. The van der Waals surface area contributed by atoms with Crippen LogP contribution < -0.4 is 0 Å². The normalized spacial score (nSPS) is 23.0. The van der Waals surface area contributed by atoms with Gasteiger partial charge in [-0.1, -0.05) is 30.3 Å². The van der Waals surface area contributed by atoms with E-state index in [4.69, 9.17) is 9.84 Å². The number of benzene rings is 1. The molecule has 96 valence electrons. The Hall–Kier alpha value is -1.95. The van der Waals surface area contributed by atoms with Crippen LogP contribution in [0.15, 0.2) is 35.6 Å². The average Bonchev–Trinajstić information content (AvgIpc) is 2.81. The summed E-state index contributed by atoms with van der Waals surface area (Å²) in [6, 6.07) is 8.72. The third kappa shape index (κ3) is 2.84. The molecule has 1 N–H and O–H groups in total. The second-order valence-electron chi connectivity index (χ2n) is 4.21. The van der Waals surface area contributed by atoms with Crippen molar-refractivity contribution in [2.24, 2.45) is 5.29 Å². The summed E-state index contributed by atoms with van der Waals surface area (Å²) in [5, 5.41) is 12.7. The number of nitroso groups, excluding NO2 is 1. The Balaban J connectivity index is 1.88. The Bertz CT molecular complexity index is 423. The Morgan fingerprint density at radius 2 is 2.17 bits per heavy atom. The molecule has 1 saturated heterocycles. The number of carboxylic acid groups (broad SMARTS) is 1. The molecule has 0 unspecified atom stereocenters. The predicted molar refractivity (Wildman–Crippen MR) is 63.6 cm³/mol.